The molecule has 0 atom stereocenters. The number of nitrogens with zero attached hydrogens (tertiary/aromatic N) is 1. The van der Waals surface area contributed by atoms with Crippen LogP contribution in [0.25, 0.3) is 0 Å². The molecule has 0 saturated carbocycles. The van der Waals surface area contributed by atoms with Crippen molar-refractivity contribution in [2.24, 2.45) is 0 Å². The first kappa shape index (κ1) is 20.8. The van der Waals surface area contributed by atoms with Gasteiger partial charge in [0, 0.05) is 36.4 Å². The van der Waals surface area contributed by atoms with E-state index < -0.39 is 5.79 Å². The van der Waals surface area contributed by atoms with Gasteiger partial charge >= 0.3 is 0 Å². The molecule has 2 saturated heterocycles. The van der Waals surface area contributed by atoms with Crippen molar-refractivity contribution in [1.82, 2.24) is 4.90 Å². The summed E-state index contributed by atoms with van der Waals surface area (Å²) in [6, 6.07) is 9.36. The number of nitrogens with one attached hydrogen (secondary N) is 1. The lowest BCUT2D eigenvalue weighted by Crippen LogP contribution is -2.47. The lowest BCUT2D eigenvalue weighted by molar-refractivity contribution is -0.185. The Morgan fingerprint density at radius 3 is 2.48 bits per heavy atom. The van der Waals surface area contributed by atoms with Crippen molar-refractivity contribution in [1.29, 1.82) is 0 Å². The fourth-order valence-electron chi connectivity index (χ4n) is 4.83. The Hall–Kier alpha value is -2.06. The Bertz CT molecular complexity index is 955. The summed E-state index contributed by atoms with van der Waals surface area (Å²) in [7, 11) is 0. The number of piperidine rings is 1. The molecule has 1 spiro atoms. The minimum absolute atomic E-state index is 0.00532. The Kier molecular flexibility index (Phi) is 5.93. The number of ketones is 1. The van der Waals surface area contributed by atoms with E-state index in [-0.39, 0.29) is 11.7 Å². The summed E-state index contributed by atoms with van der Waals surface area (Å²) in [6.07, 6.45) is 5.69. The summed E-state index contributed by atoms with van der Waals surface area (Å²) in [5, 5.41) is 3.79. The molecule has 1 aromatic carbocycles. The van der Waals surface area contributed by atoms with Gasteiger partial charge in [-0.2, -0.15) is 0 Å². The van der Waals surface area contributed by atoms with Gasteiger partial charge in [0.25, 0.3) is 0 Å². The van der Waals surface area contributed by atoms with Gasteiger partial charge in [-0.25, -0.2) is 0 Å². The number of aryl methyl sites for hydroxylation is 1. The Labute approximate surface area is 186 Å². The molecule has 2 aliphatic heterocycles. The number of hydrogen-bond donors (Lipinski definition) is 1. The highest BCUT2D eigenvalue weighted by Gasteiger charge is 2.40. The molecule has 7 heteroatoms. The van der Waals surface area contributed by atoms with Gasteiger partial charge in [0.15, 0.2) is 11.6 Å². The van der Waals surface area contributed by atoms with Crippen molar-refractivity contribution in [2.75, 3.05) is 38.2 Å². The van der Waals surface area contributed by atoms with Crippen molar-refractivity contribution in [3.63, 3.8) is 0 Å². The predicted molar refractivity (Wildman–Crippen MR) is 120 cm³/mol. The van der Waals surface area contributed by atoms with E-state index >= 15 is 0 Å². The average Bonchev–Trinajstić information content (AvgIpc) is 3.40. The van der Waals surface area contributed by atoms with E-state index in [2.05, 4.69) is 10.2 Å². The first-order chi connectivity index (χ1) is 15.1. The van der Waals surface area contributed by atoms with Crippen LogP contribution >= 0.6 is 11.3 Å². The summed E-state index contributed by atoms with van der Waals surface area (Å²) in [4.78, 5) is 29.6. The standard InChI is InChI=1S/C24H28N2O4S/c27-20(16-26-12-10-24(11-13-26)29-14-15-30-24)25-23-21(18-8-4-5-9-19(18)31-23)22(28)17-6-2-1-3-7-17/h1-3,6-7H,4-5,8-16H2,(H,25,27). The maximum absolute atomic E-state index is 13.3. The van der Waals surface area contributed by atoms with Crippen LogP contribution in [0.1, 0.15) is 52.0 Å². The monoisotopic (exact) mass is 440 g/mol. The molecule has 1 N–H and O–H groups in total. The zero-order valence-electron chi connectivity index (χ0n) is 17.7. The van der Waals surface area contributed by atoms with Crippen LogP contribution in [0.3, 0.4) is 0 Å². The number of ether oxygens (including phenoxy) is 2. The molecule has 1 aliphatic carbocycles. The van der Waals surface area contributed by atoms with Crippen molar-refractivity contribution in [3.8, 4) is 0 Å². The summed E-state index contributed by atoms with van der Waals surface area (Å²) in [6.45, 7) is 3.16. The highest BCUT2D eigenvalue weighted by molar-refractivity contribution is 7.17. The molecule has 6 nitrogen and oxygen atoms in total. The first-order valence-corrected chi connectivity index (χ1v) is 12.0. The maximum Gasteiger partial charge on any atom is 0.239 e. The van der Waals surface area contributed by atoms with E-state index in [4.69, 9.17) is 9.47 Å². The van der Waals surface area contributed by atoms with E-state index in [0.29, 0.717) is 35.9 Å². The third kappa shape index (κ3) is 4.32. The molecule has 164 valence electrons. The quantitative estimate of drug-likeness (QED) is 0.719. The number of anilines is 1. The molecular weight excluding hydrogens is 412 g/mol. The van der Waals surface area contributed by atoms with Crippen LogP contribution in [-0.2, 0) is 27.1 Å². The SMILES string of the molecule is O=C(CN1CCC2(CC1)OCCO2)Nc1sc2c(c1C(=O)c1ccccc1)CCCC2. The zero-order chi connectivity index (χ0) is 21.3. The van der Waals surface area contributed by atoms with Crippen LogP contribution in [0.5, 0.6) is 0 Å². The number of hydrogen-bond acceptors (Lipinski definition) is 6. The molecule has 3 heterocycles. The van der Waals surface area contributed by atoms with Crippen LogP contribution in [-0.4, -0.2) is 55.2 Å². The van der Waals surface area contributed by atoms with E-state index in [1.807, 2.05) is 30.3 Å². The molecule has 2 aromatic rings. The lowest BCUT2D eigenvalue weighted by atomic mass is 9.92. The molecule has 2 fully saturated rings. The number of likely N-dealkylation sites (tertiary alicyclic amines) is 1. The van der Waals surface area contributed by atoms with Crippen molar-refractivity contribution in [3.05, 3.63) is 51.9 Å². The zero-order valence-corrected chi connectivity index (χ0v) is 18.5. The number of carbonyl (C=O) groups excluding carboxylic acids is 2. The number of thiophene rings is 1. The van der Waals surface area contributed by atoms with Gasteiger partial charge in [0.1, 0.15) is 5.00 Å². The lowest BCUT2D eigenvalue weighted by Gasteiger charge is -2.37. The van der Waals surface area contributed by atoms with Crippen LogP contribution < -0.4 is 5.32 Å². The van der Waals surface area contributed by atoms with Gasteiger partial charge in [0.2, 0.25) is 5.91 Å². The summed E-state index contributed by atoms with van der Waals surface area (Å²) >= 11 is 1.58. The Balaban J connectivity index is 1.30. The van der Waals surface area contributed by atoms with E-state index in [1.165, 1.54) is 4.88 Å². The second kappa shape index (κ2) is 8.82. The van der Waals surface area contributed by atoms with Gasteiger partial charge in [-0.3, -0.25) is 14.5 Å². The van der Waals surface area contributed by atoms with Crippen LogP contribution in [0.4, 0.5) is 5.00 Å². The van der Waals surface area contributed by atoms with Gasteiger partial charge in [-0.05, 0) is 31.2 Å². The average molecular weight is 441 g/mol. The number of amides is 1. The molecule has 5 rings (SSSR count). The minimum Gasteiger partial charge on any atom is -0.347 e. The van der Waals surface area contributed by atoms with Crippen molar-refractivity contribution in [2.45, 2.75) is 44.3 Å². The Morgan fingerprint density at radius 2 is 1.74 bits per heavy atom. The predicted octanol–water partition coefficient (Wildman–Crippen LogP) is 3.64. The minimum atomic E-state index is -0.435. The summed E-state index contributed by atoms with van der Waals surface area (Å²) in [5.74, 6) is -0.495. The van der Waals surface area contributed by atoms with Gasteiger partial charge in [-0.1, -0.05) is 30.3 Å². The number of rotatable bonds is 5. The van der Waals surface area contributed by atoms with Crippen LogP contribution in [0.2, 0.25) is 0 Å². The van der Waals surface area contributed by atoms with E-state index in [1.54, 1.807) is 11.3 Å². The summed E-state index contributed by atoms with van der Waals surface area (Å²) in [5.41, 5.74) is 2.50. The topological polar surface area (TPSA) is 67.9 Å². The number of carbonyl (C=O) groups is 2. The fourth-order valence-corrected chi connectivity index (χ4v) is 6.14. The third-order valence-corrected chi connectivity index (χ3v) is 7.69. The fraction of sp³-hybridized carbons (Fsp3) is 0.500. The highest BCUT2D eigenvalue weighted by atomic mass is 32.1. The van der Waals surface area contributed by atoms with E-state index in [9.17, 15) is 9.59 Å². The molecule has 0 bridgehead atoms. The maximum atomic E-state index is 13.3. The normalized spacial score (nSPS) is 20.5. The van der Waals surface area contributed by atoms with Gasteiger partial charge < -0.3 is 14.8 Å². The highest BCUT2D eigenvalue weighted by Crippen LogP contribution is 2.39. The molecule has 1 aromatic heterocycles. The number of fused-ring (bicyclic) bond motifs is 1. The third-order valence-electron chi connectivity index (χ3n) is 6.49. The molecule has 0 radical (unpaired) electrons. The second-order valence-electron chi connectivity index (χ2n) is 8.54. The Morgan fingerprint density at radius 1 is 1.03 bits per heavy atom. The van der Waals surface area contributed by atoms with Crippen molar-refractivity contribution >= 4 is 28.0 Å². The second-order valence-corrected chi connectivity index (χ2v) is 9.65. The molecule has 0 unspecified atom stereocenters. The van der Waals surface area contributed by atoms with Crippen molar-refractivity contribution < 1.29 is 19.1 Å². The van der Waals surface area contributed by atoms with Crippen LogP contribution in [0, 0.1) is 0 Å². The first-order valence-electron chi connectivity index (χ1n) is 11.2. The molecule has 3 aliphatic rings. The van der Waals surface area contributed by atoms with Gasteiger partial charge in [0.05, 0.1) is 25.3 Å². The molecule has 1 amide bonds. The largest absolute Gasteiger partial charge is 0.347 e. The van der Waals surface area contributed by atoms with E-state index in [0.717, 1.165) is 57.2 Å². The van der Waals surface area contributed by atoms with Gasteiger partial charge in [-0.15, -0.1) is 11.3 Å². The number of benzene rings is 1. The molecular formula is C24H28N2O4S. The smallest absolute Gasteiger partial charge is 0.239 e. The molecule has 31 heavy (non-hydrogen) atoms. The summed E-state index contributed by atoms with van der Waals surface area (Å²) < 4.78 is 11.6. The van der Waals surface area contributed by atoms with Crippen LogP contribution in [0.15, 0.2) is 30.3 Å².